The molecule has 0 saturated heterocycles. The van der Waals surface area contributed by atoms with Gasteiger partial charge in [-0.2, -0.15) is 0 Å². The fourth-order valence-electron chi connectivity index (χ4n) is 2.81. The van der Waals surface area contributed by atoms with Gasteiger partial charge in [-0.3, -0.25) is 0 Å². The van der Waals surface area contributed by atoms with Crippen LogP contribution in [0.3, 0.4) is 0 Å². The Bertz CT molecular complexity index is 810. The lowest BCUT2D eigenvalue weighted by Gasteiger charge is -2.13. The van der Waals surface area contributed by atoms with Crippen LogP contribution < -0.4 is 14.8 Å². The highest BCUT2D eigenvalue weighted by molar-refractivity contribution is 5.48. The lowest BCUT2D eigenvalue weighted by Crippen LogP contribution is -2.12. The highest BCUT2D eigenvalue weighted by Gasteiger charge is 2.03. The van der Waals surface area contributed by atoms with E-state index in [9.17, 15) is 0 Å². The Hall–Kier alpha value is -2.94. The van der Waals surface area contributed by atoms with Crippen molar-refractivity contribution in [1.29, 1.82) is 0 Å². The van der Waals surface area contributed by atoms with Crippen LogP contribution in [0.5, 0.6) is 11.5 Å². The van der Waals surface area contributed by atoms with Gasteiger partial charge >= 0.3 is 0 Å². The molecule has 3 rings (SSSR count). The maximum atomic E-state index is 5.93. The molecule has 3 nitrogen and oxygen atoms in total. The minimum Gasteiger partial charge on any atom is -0.491 e. The number of para-hydroxylation sites is 1. The van der Waals surface area contributed by atoms with E-state index in [2.05, 4.69) is 49.5 Å². The van der Waals surface area contributed by atoms with Gasteiger partial charge in [-0.25, -0.2) is 0 Å². The Labute approximate surface area is 155 Å². The van der Waals surface area contributed by atoms with Crippen molar-refractivity contribution < 1.29 is 9.47 Å². The molecule has 0 radical (unpaired) electrons. The first-order valence-corrected chi connectivity index (χ1v) is 8.92. The average Bonchev–Trinajstić information content (AvgIpc) is 2.67. The molecule has 0 saturated carbocycles. The Balaban J connectivity index is 1.48. The van der Waals surface area contributed by atoms with Crippen molar-refractivity contribution >= 4 is 5.69 Å². The van der Waals surface area contributed by atoms with Gasteiger partial charge in [0.25, 0.3) is 0 Å². The summed E-state index contributed by atoms with van der Waals surface area (Å²) in [7, 11) is 0. The topological polar surface area (TPSA) is 30.5 Å². The van der Waals surface area contributed by atoms with E-state index in [4.69, 9.17) is 9.47 Å². The van der Waals surface area contributed by atoms with Gasteiger partial charge in [-0.15, -0.1) is 0 Å². The third-order valence-corrected chi connectivity index (χ3v) is 4.17. The van der Waals surface area contributed by atoms with E-state index in [0.29, 0.717) is 13.2 Å². The van der Waals surface area contributed by atoms with Crippen LogP contribution in [-0.4, -0.2) is 13.2 Å². The number of hydrogen-bond acceptors (Lipinski definition) is 3. The second kappa shape index (κ2) is 8.95. The largest absolute Gasteiger partial charge is 0.491 e. The van der Waals surface area contributed by atoms with Gasteiger partial charge in [0.15, 0.2) is 0 Å². The summed E-state index contributed by atoms with van der Waals surface area (Å²) >= 11 is 0. The zero-order valence-electron chi connectivity index (χ0n) is 15.4. The predicted molar refractivity (Wildman–Crippen MR) is 107 cm³/mol. The van der Waals surface area contributed by atoms with Crippen LogP contribution in [0.4, 0.5) is 5.69 Å². The summed E-state index contributed by atoms with van der Waals surface area (Å²) in [5.74, 6) is 1.84. The molecule has 0 unspecified atom stereocenters. The highest BCUT2D eigenvalue weighted by Crippen LogP contribution is 2.22. The van der Waals surface area contributed by atoms with E-state index < -0.39 is 0 Å². The normalized spacial score (nSPS) is 10.4. The Morgan fingerprint density at radius 2 is 1.50 bits per heavy atom. The van der Waals surface area contributed by atoms with E-state index in [1.807, 2.05) is 42.5 Å². The molecule has 26 heavy (non-hydrogen) atoms. The van der Waals surface area contributed by atoms with Gasteiger partial charge in [0.1, 0.15) is 24.7 Å². The second-order valence-corrected chi connectivity index (χ2v) is 6.30. The molecule has 0 fully saturated rings. The summed E-state index contributed by atoms with van der Waals surface area (Å²) in [6, 6.07) is 24.4. The summed E-state index contributed by atoms with van der Waals surface area (Å²) in [5, 5.41) is 3.39. The monoisotopic (exact) mass is 347 g/mol. The van der Waals surface area contributed by atoms with Gasteiger partial charge in [-0.05, 0) is 42.7 Å². The number of nitrogens with one attached hydrogen (secondary N) is 1. The number of anilines is 1. The smallest absolute Gasteiger partial charge is 0.125 e. The minimum absolute atomic E-state index is 0.569. The molecule has 0 aliphatic rings. The fraction of sp³-hybridized carbons (Fsp3) is 0.217. The first-order chi connectivity index (χ1) is 12.7. The molecule has 134 valence electrons. The lowest BCUT2D eigenvalue weighted by molar-refractivity contribution is 0.306. The maximum Gasteiger partial charge on any atom is 0.125 e. The molecule has 3 heteroatoms. The highest BCUT2D eigenvalue weighted by atomic mass is 16.5. The molecule has 0 amide bonds. The van der Waals surface area contributed by atoms with Crippen LogP contribution in [0.1, 0.15) is 16.7 Å². The summed E-state index contributed by atoms with van der Waals surface area (Å²) in [5.41, 5.74) is 4.52. The molecule has 3 aromatic rings. The molecular weight excluding hydrogens is 322 g/mol. The summed E-state index contributed by atoms with van der Waals surface area (Å²) in [6.07, 6.45) is 0. The average molecular weight is 347 g/mol. The van der Waals surface area contributed by atoms with Crippen LogP contribution in [0.2, 0.25) is 0 Å². The van der Waals surface area contributed by atoms with Gasteiger partial charge in [-0.1, -0.05) is 54.6 Å². The van der Waals surface area contributed by atoms with Crippen LogP contribution >= 0.6 is 0 Å². The van der Waals surface area contributed by atoms with E-state index >= 15 is 0 Å². The van der Waals surface area contributed by atoms with Gasteiger partial charge in [0.2, 0.25) is 0 Å². The van der Waals surface area contributed by atoms with Crippen LogP contribution in [0.25, 0.3) is 0 Å². The second-order valence-electron chi connectivity index (χ2n) is 6.30. The van der Waals surface area contributed by atoms with Crippen LogP contribution in [-0.2, 0) is 6.61 Å². The summed E-state index contributed by atoms with van der Waals surface area (Å²) in [6.45, 7) is 6.06. The molecule has 0 atom stereocenters. The maximum absolute atomic E-state index is 5.93. The molecule has 0 aromatic heterocycles. The van der Waals surface area contributed by atoms with E-state index in [-0.39, 0.29) is 0 Å². The summed E-state index contributed by atoms with van der Waals surface area (Å²) in [4.78, 5) is 0. The quantitative estimate of drug-likeness (QED) is 0.555. The minimum atomic E-state index is 0.569. The first kappa shape index (κ1) is 17.9. The molecule has 0 heterocycles. The lowest BCUT2D eigenvalue weighted by atomic mass is 10.1. The zero-order valence-corrected chi connectivity index (χ0v) is 15.4. The van der Waals surface area contributed by atoms with E-state index in [1.54, 1.807) is 0 Å². The van der Waals surface area contributed by atoms with E-state index in [0.717, 1.165) is 29.3 Å². The number of hydrogen-bond donors (Lipinski definition) is 1. The molecule has 0 aliphatic carbocycles. The van der Waals surface area contributed by atoms with Crippen molar-refractivity contribution in [3.8, 4) is 11.5 Å². The van der Waals surface area contributed by atoms with Crippen molar-refractivity contribution in [2.24, 2.45) is 0 Å². The molecule has 1 N–H and O–H groups in total. The predicted octanol–water partition coefficient (Wildman–Crippen LogP) is 5.37. The van der Waals surface area contributed by atoms with E-state index in [1.165, 1.54) is 11.1 Å². The number of benzene rings is 3. The molecular formula is C23H25NO2. The zero-order chi connectivity index (χ0) is 18.2. The Morgan fingerprint density at radius 1 is 0.769 bits per heavy atom. The third-order valence-electron chi connectivity index (χ3n) is 4.17. The Kier molecular flexibility index (Phi) is 6.15. The molecule has 0 spiro atoms. The number of ether oxygens (including phenoxy) is 2. The van der Waals surface area contributed by atoms with Crippen molar-refractivity contribution in [2.75, 3.05) is 18.5 Å². The standard InChI is InChI=1S/C23H25NO2/c1-18-8-6-9-19(2)23(18)25-15-14-24-21-12-7-13-22(16-21)26-17-20-10-4-3-5-11-20/h3-13,16,24H,14-15,17H2,1-2H3. The molecule has 0 bridgehead atoms. The number of aryl methyl sites for hydroxylation is 2. The van der Waals surface area contributed by atoms with Gasteiger partial charge in [0, 0.05) is 18.3 Å². The van der Waals surface area contributed by atoms with Gasteiger partial charge < -0.3 is 14.8 Å². The SMILES string of the molecule is Cc1cccc(C)c1OCCNc1cccc(OCc2ccccc2)c1. The summed E-state index contributed by atoms with van der Waals surface area (Å²) < 4.78 is 11.8. The van der Waals surface area contributed by atoms with Crippen molar-refractivity contribution in [1.82, 2.24) is 0 Å². The third kappa shape index (κ3) is 5.03. The van der Waals surface area contributed by atoms with Crippen LogP contribution in [0, 0.1) is 13.8 Å². The van der Waals surface area contributed by atoms with Crippen LogP contribution in [0.15, 0.2) is 72.8 Å². The Morgan fingerprint density at radius 3 is 2.27 bits per heavy atom. The van der Waals surface area contributed by atoms with Crippen molar-refractivity contribution in [2.45, 2.75) is 20.5 Å². The molecule has 3 aromatic carbocycles. The first-order valence-electron chi connectivity index (χ1n) is 8.92. The fourth-order valence-corrected chi connectivity index (χ4v) is 2.81. The molecule has 0 aliphatic heterocycles. The van der Waals surface area contributed by atoms with Gasteiger partial charge in [0.05, 0.1) is 0 Å². The van der Waals surface area contributed by atoms with Crippen molar-refractivity contribution in [3.63, 3.8) is 0 Å². The van der Waals surface area contributed by atoms with Crippen molar-refractivity contribution in [3.05, 3.63) is 89.5 Å². The number of rotatable bonds is 8.